The van der Waals surface area contributed by atoms with Crippen molar-refractivity contribution in [2.45, 2.75) is 39.2 Å². The van der Waals surface area contributed by atoms with Gasteiger partial charge in [0.05, 0.1) is 6.54 Å². The minimum absolute atomic E-state index is 0.0104. The van der Waals surface area contributed by atoms with Crippen LogP contribution in [-0.4, -0.2) is 36.2 Å². The van der Waals surface area contributed by atoms with Crippen LogP contribution < -0.4 is 10.6 Å². The molecule has 4 heteroatoms. The highest BCUT2D eigenvalue weighted by Crippen LogP contribution is 2.44. The summed E-state index contributed by atoms with van der Waals surface area (Å²) < 4.78 is 0. The molecule has 1 fully saturated rings. The summed E-state index contributed by atoms with van der Waals surface area (Å²) in [7, 11) is 0. The van der Waals surface area contributed by atoms with Gasteiger partial charge in [-0.05, 0) is 33.6 Å². The fourth-order valence-corrected chi connectivity index (χ4v) is 1.47. The summed E-state index contributed by atoms with van der Waals surface area (Å²) in [5.74, 6) is 0.0104. The number of rotatable bonds is 5. The van der Waals surface area contributed by atoms with Gasteiger partial charge in [-0.25, -0.2) is 0 Å². The molecule has 0 aliphatic heterocycles. The maximum absolute atomic E-state index is 11.4. The predicted molar refractivity (Wildman–Crippen MR) is 59.5 cm³/mol. The second-order valence-corrected chi connectivity index (χ2v) is 5.56. The maximum Gasteiger partial charge on any atom is 0.234 e. The number of aliphatic hydroxyl groups excluding tert-OH is 1. The molecular formula is C11H22N2O2. The molecule has 0 unspecified atom stereocenters. The summed E-state index contributed by atoms with van der Waals surface area (Å²) in [6.45, 7) is 7.17. The van der Waals surface area contributed by atoms with E-state index in [-0.39, 0.29) is 23.5 Å². The topological polar surface area (TPSA) is 61.4 Å². The molecule has 0 saturated heterocycles. The molecule has 1 aliphatic rings. The first kappa shape index (κ1) is 12.5. The Morgan fingerprint density at radius 3 is 2.40 bits per heavy atom. The van der Waals surface area contributed by atoms with E-state index >= 15 is 0 Å². The lowest BCUT2D eigenvalue weighted by atomic mass is 10.1. The summed E-state index contributed by atoms with van der Waals surface area (Å²) in [5, 5.41) is 15.0. The largest absolute Gasteiger partial charge is 0.396 e. The van der Waals surface area contributed by atoms with Gasteiger partial charge in [-0.2, -0.15) is 0 Å². The first-order chi connectivity index (χ1) is 6.87. The van der Waals surface area contributed by atoms with Crippen LogP contribution in [0.3, 0.4) is 0 Å². The van der Waals surface area contributed by atoms with E-state index in [0.29, 0.717) is 6.54 Å². The van der Waals surface area contributed by atoms with Crippen LogP contribution in [0.15, 0.2) is 0 Å². The van der Waals surface area contributed by atoms with Crippen molar-refractivity contribution in [1.29, 1.82) is 0 Å². The van der Waals surface area contributed by atoms with Gasteiger partial charge < -0.3 is 15.7 Å². The SMILES string of the molecule is CC(C)(C)NC(=O)CNCC1(CO)CC1. The zero-order valence-electron chi connectivity index (χ0n) is 9.89. The lowest BCUT2D eigenvalue weighted by Gasteiger charge is -2.21. The van der Waals surface area contributed by atoms with Gasteiger partial charge in [0.1, 0.15) is 0 Å². The quantitative estimate of drug-likeness (QED) is 0.615. The Morgan fingerprint density at radius 2 is 2.00 bits per heavy atom. The van der Waals surface area contributed by atoms with Crippen LogP contribution in [-0.2, 0) is 4.79 Å². The van der Waals surface area contributed by atoms with Crippen molar-refractivity contribution in [2.75, 3.05) is 19.7 Å². The van der Waals surface area contributed by atoms with Gasteiger partial charge in [0.15, 0.2) is 0 Å². The maximum atomic E-state index is 11.4. The first-order valence-corrected chi connectivity index (χ1v) is 5.50. The molecule has 0 aromatic heterocycles. The van der Waals surface area contributed by atoms with Gasteiger partial charge in [0.25, 0.3) is 0 Å². The van der Waals surface area contributed by atoms with Gasteiger partial charge in [-0.1, -0.05) is 0 Å². The number of amides is 1. The van der Waals surface area contributed by atoms with E-state index in [1.54, 1.807) is 0 Å². The predicted octanol–water partition coefficient (Wildman–Crippen LogP) is 0.263. The molecule has 4 nitrogen and oxygen atoms in total. The van der Waals surface area contributed by atoms with E-state index in [2.05, 4.69) is 10.6 Å². The lowest BCUT2D eigenvalue weighted by molar-refractivity contribution is -0.121. The molecule has 1 saturated carbocycles. The Bertz CT molecular complexity index is 229. The highest BCUT2D eigenvalue weighted by atomic mass is 16.3. The zero-order valence-corrected chi connectivity index (χ0v) is 9.89. The van der Waals surface area contributed by atoms with Crippen molar-refractivity contribution in [3.8, 4) is 0 Å². The molecule has 1 amide bonds. The van der Waals surface area contributed by atoms with Crippen molar-refractivity contribution < 1.29 is 9.90 Å². The average molecular weight is 214 g/mol. The van der Waals surface area contributed by atoms with Crippen LogP contribution in [0.25, 0.3) is 0 Å². The van der Waals surface area contributed by atoms with Gasteiger partial charge in [-0.3, -0.25) is 4.79 Å². The first-order valence-electron chi connectivity index (χ1n) is 5.50. The Hall–Kier alpha value is -0.610. The normalized spacial score (nSPS) is 18.7. The molecular weight excluding hydrogens is 192 g/mol. The van der Waals surface area contributed by atoms with Gasteiger partial charge in [-0.15, -0.1) is 0 Å². The summed E-state index contributed by atoms with van der Waals surface area (Å²) in [6, 6.07) is 0. The molecule has 0 heterocycles. The smallest absolute Gasteiger partial charge is 0.234 e. The van der Waals surface area contributed by atoms with E-state index < -0.39 is 0 Å². The standard InChI is InChI=1S/C11H22N2O2/c1-10(2,3)13-9(15)6-12-7-11(8-14)4-5-11/h12,14H,4-8H2,1-3H3,(H,13,15). The molecule has 88 valence electrons. The Kier molecular flexibility index (Phi) is 3.73. The van der Waals surface area contributed by atoms with Crippen LogP contribution in [0.5, 0.6) is 0 Å². The Balaban J connectivity index is 2.12. The highest BCUT2D eigenvalue weighted by molar-refractivity contribution is 5.78. The molecule has 0 aromatic carbocycles. The number of hydrogen-bond acceptors (Lipinski definition) is 3. The summed E-state index contributed by atoms with van der Waals surface area (Å²) in [6.07, 6.45) is 2.13. The molecule has 0 bridgehead atoms. The van der Waals surface area contributed by atoms with E-state index in [1.807, 2.05) is 20.8 Å². The third kappa shape index (κ3) is 4.62. The van der Waals surface area contributed by atoms with Crippen LogP contribution in [0.4, 0.5) is 0 Å². The minimum Gasteiger partial charge on any atom is -0.396 e. The van der Waals surface area contributed by atoms with Gasteiger partial charge in [0.2, 0.25) is 5.91 Å². The number of carbonyl (C=O) groups is 1. The number of aliphatic hydroxyl groups is 1. The number of hydrogen-bond donors (Lipinski definition) is 3. The van der Waals surface area contributed by atoms with Crippen LogP contribution in [0.2, 0.25) is 0 Å². The second kappa shape index (κ2) is 4.49. The average Bonchev–Trinajstić information content (AvgIpc) is 2.82. The monoisotopic (exact) mass is 214 g/mol. The van der Waals surface area contributed by atoms with E-state index in [1.165, 1.54) is 0 Å². The van der Waals surface area contributed by atoms with Gasteiger partial charge in [0, 0.05) is 24.1 Å². The minimum atomic E-state index is -0.174. The molecule has 3 N–H and O–H groups in total. The second-order valence-electron chi connectivity index (χ2n) is 5.56. The Morgan fingerprint density at radius 1 is 1.40 bits per heavy atom. The van der Waals surface area contributed by atoms with Crippen LogP contribution >= 0.6 is 0 Å². The third-order valence-corrected chi connectivity index (χ3v) is 2.59. The molecule has 15 heavy (non-hydrogen) atoms. The van der Waals surface area contributed by atoms with Crippen LogP contribution in [0.1, 0.15) is 33.6 Å². The number of carbonyl (C=O) groups excluding carboxylic acids is 1. The van der Waals surface area contributed by atoms with E-state index in [0.717, 1.165) is 19.4 Å². The van der Waals surface area contributed by atoms with Crippen molar-refractivity contribution in [3.05, 3.63) is 0 Å². The molecule has 0 atom stereocenters. The molecule has 0 aromatic rings. The zero-order chi connectivity index (χ0) is 11.5. The summed E-state index contributed by atoms with van der Waals surface area (Å²) >= 11 is 0. The third-order valence-electron chi connectivity index (χ3n) is 2.59. The van der Waals surface area contributed by atoms with E-state index in [9.17, 15) is 4.79 Å². The van der Waals surface area contributed by atoms with E-state index in [4.69, 9.17) is 5.11 Å². The fraction of sp³-hybridized carbons (Fsp3) is 0.909. The summed E-state index contributed by atoms with van der Waals surface area (Å²) in [4.78, 5) is 11.4. The van der Waals surface area contributed by atoms with Crippen molar-refractivity contribution in [1.82, 2.24) is 10.6 Å². The van der Waals surface area contributed by atoms with Crippen molar-refractivity contribution in [2.24, 2.45) is 5.41 Å². The number of nitrogens with one attached hydrogen (secondary N) is 2. The lowest BCUT2D eigenvalue weighted by Crippen LogP contribution is -2.45. The molecule has 1 aliphatic carbocycles. The van der Waals surface area contributed by atoms with Gasteiger partial charge >= 0.3 is 0 Å². The molecule has 0 radical (unpaired) electrons. The fourth-order valence-electron chi connectivity index (χ4n) is 1.47. The van der Waals surface area contributed by atoms with Crippen molar-refractivity contribution >= 4 is 5.91 Å². The molecule has 1 rings (SSSR count). The Labute approximate surface area is 91.4 Å². The van der Waals surface area contributed by atoms with Crippen LogP contribution in [0, 0.1) is 5.41 Å². The van der Waals surface area contributed by atoms with Crippen molar-refractivity contribution in [3.63, 3.8) is 0 Å². The highest BCUT2D eigenvalue weighted by Gasteiger charge is 2.41. The molecule has 0 spiro atoms. The summed E-state index contributed by atoms with van der Waals surface area (Å²) in [5.41, 5.74) is -0.102.